The van der Waals surface area contributed by atoms with E-state index in [9.17, 15) is 5.11 Å². The molecule has 1 saturated carbocycles. The molecular weight excluding hydrogens is 206 g/mol. The standard InChI is InChI=1S/C12H17NO3/c1-15-12-6-9(13)4-5-11(12)16-7-10(14)8-2-3-8/h4-6,8,10,14H,2-3,7,13H2,1H3. The van der Waals surface area contributed by atoms with Crippen molar-refractivity contribution >= 4 is 5.69 Å². The summed E-state index contributed by atoms with van der Waals surface area (Å²) in [6.07, 6.45) is 1.83. The van der Waals surface area contributed by atoms with Crippen LogP contribution in [0, 0.1) is 5.92 Å². The lowest BCUT2D eigenvalue weighted by Gasteiger charge is -2.14. The summed E-state index contributed by atoms with van der Waals surface area (Å²) in [5, 5.41) is 9.68. The van der Waals surface area contributed by atoms with Crippen molar-refractivity contribution in [3.05, 3.63) is 18.2 Å². The van der Waals surface area contributed by atoms with E-state index >= 15 is 0 Å². The van der Waals surface area contributed by atoms with Crippen LogP contribution in [0.15, 0.2) is 18.2 Å². The topological polar surface area (TPSA) is 64.7 Å². The predicted octanol–water partition coefficient (Wildman–Crippen LogP) is 1.43. The smallest absolute Gasteiger partial charge is 0.162 e. The number of hydrogen-bond acceptors (Lipinski definition) is 4. The Balaban J connectivity index is 1.97. The first-order chi connectivity index (χ1) is 7.70. The average Bonchev–Trinajstić information content (AvgIpc) is 3.10. The molecule has 0 spiro atoms. The molecule has 0 aliphatic heterocycles. The van der Waals surface area contributed by atoms with E-state index in [1.807, 2.05) is 0 Å². The summed E-state index contributed by atoms with van der Waals surface area (Å²) in [4.78, 5) is 0. The van der Waals surface area contributed by atoms with E-state index in [4.69, 9.17) is 15.2 Å². The SMILES string of the molecule is COc1cc(N)ccc1OCC(O)C1CC1. The fraction of sp³-hybridized carbons (Fsp3) is 0.500. The maximum Gasteiger partial charge on any atom is 0.162 e. The molecule has 1 atom stereocenters. The van der Waals surface area contributed by atoms with Crippen molar-refractivity contribution in [2.24, 2.45) is 5.92 Å². The van der Waals surface area contributed by atoms with Crippen LogP contribution in [-0.2, 0) is 0 Å². The third kappa shape index (κ3) is 2.58. The zero-order valence-corrected chi connectivity index (χ0v) is 9.35. The zero-order chi connectivity index (χ0) is 11.5. The lowest BCUT2D eigenvalue weighted by molar-refractivity contribution is 0.0880. The molecule has 0 amide bonds. The summed E-state index contributed by atoms with van der Waals surface area (Å²) in [6, 6.07) is 5.22. The van der Waals surface area contributed by atoms with Gasteiger partial charge in [-0.2, -0.15) is 0 Å². The molecule has 0 heterocycles. The second-order valence-corrected chi connectivity index (χ2v) is 4.13. The highest BCUT2D eigenvalue weighted by Crippen LogP contribution is 2.34. The van der Waals surface area contributed by atoms with Crippen LogP contribution in [0.25, 0.3) is 0 Å². The van der Waals surface area contributed by atoms with Crippen LogP contribution in [-0.4, -0.2) is 24.9 Å². The van der Waals surface area contributed by atoms with Crippen LogP contribution in [0.3, 0.4) is 0 Å². The van der Waals surface area contributed by atoms with Crippen molar-refractivity contribution in [1.29, 1.82) is 0 Å². The van der Waals surface area contributed by atoms with Gasteiger partial charge in [-0.15, -0.1) is 0 Å². The van der Waals surface area contributed by atoms with Crippen LogP contribution in [0.1, 0.15) is 12.8 Å². The molecule has 0 saturated heterocycles. The molecule has 1 fully saturated rings. The number of nitrogen functional groups attached to an aromatic ring is 1. The Bertz CT molecular complexity index is 363. The molecule has 4 nitrogen and oxygen atoms in total. The molecule has 2 rings (SSSR count). The number of hydrogen-bond donors (Lipinski definition) is 2. The highest BCUT2D eigenvalue weighted by Gasteiger charge is 2.30. The molecule has 4 heteroatoms. The molecule has 1 aliphatic rings. The van der Waals surface area contributed by atoms with Gasteiger partial charge in [-0.3, -0.25) is 0 Å². The Labute approximate surface area is 95.0 Å². The fourth-order valence-electron chi connectivity index (χ4n) is 1.60. The molecule has 1 aromatic rings. The monoisotopic (exact) mass is 223 g/mol. The molecule has 16 heavy (non-hydrogen) atoms. The molecule has 1 unspecified atom stereocenters. The van der Waals surface area contributed by atoms with Crippen LogP contribution in [0.2, 0.25) is 0 Å². The average molecular weight is 223 g/mol. The maximum absolute atomic E-state index is 9.68. The van der Waals surface area contributed by atoms with Gasteiger partial charge in [-0.25, -0.2) is 0 Å². The Morgan fingerprint density at radius 1 is 1.44 bits per heavy atom. The molecule has 0 radical (unpaired) electrons. The fourth-order valence-corrected chi connectivity index (χ4v) is 1.60. The molecule has 3 N–H and O–H groups in total. The van der Waals surface area contributed by atoms with E-state index < -0.39 is 0 Å². The third-order valence-electron chi connectivity index (χ3n) is 2.76. The molecule has 0 aromatic heterocycles. The summed E-state index contributed by atoms with van der Waals surface area (Å²) in [7, 11) is 1.57. The van der Waals surface area contributed by atoms with Crippen LogP contribution < -0.4 is 15.2 Å². The Kier molecular flexibility index (Phi) is 3.19. The van der Waals surface area contributed by atoms with Gasteiger partial charge in [0.05, 0.1) is 13.2 Å². The Morgan fingerprint density at radius 2 is 2.19 bits per heavy atom. The number of ether oxygens (including phenoxy) is 2. The third-order valence-corrected chi connectivity index (χ3v) is 2.76. The van der Waals surface area contributed by atoms with Crippen molar-refractivity contribution in [3.63, 3.8) is 0 Å². The van der Waals surface area contributed by atoms with Crippen LogP contribution in [0.5, 0.6) is 11.5 Å². The van der Waals surface area contributed by atoms with Gasteiger partial charge < -0.3 is 20.3 Å². The molecule has 88 valence electrons. The molecular formula is C12H17NO3. The van der Waals surface area contributed by atoms with Gasteiger partial charge in [-0.05, 0) is 30.9 Å². The summed E-state index contributed by atoms with van der Waals surface area (Å²) in [5.74, 6) is 1.64. The maximum atomic E-state index is 9.68. The van der Waals surface area contributed by atoms with Gasteiger partial charge in [0, 0.05) is 11.8 Å². The number of methoxy groups -OCH3 is 1. The summed E-state index contributed by atoms with van der Waals surface area (Å²) in [5.41, 5.74) is 6.26. The highest BCUT2D eigenvalue weighted by atomic mass is 16.5. The van der Waals surface area contributed by atoms with Crippen molar-refractivity contribution in [2.45, 2.75) is 18.9 Å². The highest BCUT2D eigenvalue weighted by molar-refractivity contribution is 5.51. The van der Waals surface area contributed by atoms with E-state index in [0.717, 1.165) is 12.8 Å². The second-order valence-electron chi connectivity index (χ2n) is 4.13. The number of anilines is 1. The first-order valence-electron chi connectivity index (χ1n) is 5.45. The van der Waals surface area contributed by atoms with Crippen molar-refractivity contribution in [3.8, 4) is 11.5 Å². The van der Waals surface area contributed by atoms with Crippen molar-refractivity contribution < 1.29 is 14.6 Å². The summed E-state index contributed by atoms with van der Waals surface area (Å²) in [6.45, 7) is 0.310. The van der Waals surface area contributed by atoms with E-state index in [2.05, 4.69) is 0 Å². The first-order valence-corrected chi connectivity index (χ1v) is 5.45. The molecule has 1 aliphatic carbocycles. The second kappa shape index (κ2) is 4.61. The van der Waals surface area contributed by atoms with Crippen LogP contribution >= 0.6 is 0 Å². The van der Waals surface area contributed by atoms with Gasteiger partial charge in [0.15, 0.2) is 11.5 Å². The van der Waals surface area contributed by atoms with Gasteiger partial charge in [0.25, 0.3) is 0 Å². The largest absolute Gasteiger partial charge is 0.493 e. The van der Waals surface area contributed by atoms with E-state index in [1.165, 1.54) is 0 Å². The lowest BCUT2D eigenvalue weighted by Crippen LogP contribution is -2.19. The van der Waals surface area contributed by atoms with Gasteiger partial charge in [0.1, 0.15) is 6.61 Å². The summed E-state index contributed by atoms with van der Waals surface area (Å²) < 4.78 is 10.7. The normalized spacial score (nSPS) is 16.9. The number of aliphatic hydroxyl groups excluding tert-OH is 1. The molecule has 1 aromatic carbocycles. The van der Waals surface area contributed by atoms with Crippen LogP contribution in [0.4, 0.5) is 5.69 Å². The van der Waals surface area contributed by atoms with E-state index in [1.54, 1.807) is 25.3 Å². The first kappa shape index (κ1) is 11.1. The minimum Gasteiger partial charge on any atom is -0.493 e. The number of aliphatic hydroxyl groups is 1. The number of benzene rings is 1. The van der Waals surface area contributed by atoms with Gasteiger partial charge >= 0.3 is 0 Å². The minimum atomic E-state index is -0.373. The predicted molar refractivity (Wildman–Crippen MR) is 61.6 cm³/mol. The quantitative estimate of drug-likeness (QED) is 0.741. The lowest BCUT2D eigenvalue weighted by atomic mass is 10.2. The number of nitrogens with two attached hydrogens (primary N) is 1. The number of rotatable bonds is 5. The van der Waals surface area contributed by atoms with Gasteiger partial charge in [-0.1, -0.05) is 0 Å². The van der Waals surface area contributed by atoms with Crippen molar-refractivity contribution in [1.82, 2.24) is 0 Å². The van der Waals surface area contributed by atoms with Crippen molar-refractivity contribution in [2.75, 3.05) is 19.5 Å². The van der Waals surface area contributed by atoms with Gasteiger partial charge in [0.2, 0.25) is 0 Å². The van der Waals surface area contributed by atoms with E-state index in [0.29, 0.717) is 29.7 Å². The summed E-state index contributed by atoms with van der Waals surface area (Å²) >= 11 is 0. The molecule has 0 bridgehead atoms. The Morgan fingerprint density at radius 3 is 2.81 bits per heavy atom. The minimum absolute atomic E-state index is 0.310. The Hall–Kier alpha value is -1.42. The van der Waals surface area contributed by atoms with E-state index in [-0.39, 0.29) is 6.10 Å². The zero-order valence-electron chi connectivity index (χ0n) is 9.35.